The van der Waals surface area contributed by atoms with Crippen LogP contribution < -0.4 is 5.32 Å². The van der Waals surface area contributed by atoms with Crippen LogP contribution in [0.25, 0.3) is 11.4 Å². The second-order valence-electron chi connectivity index (χ2n) is 6.73. The van der Waals surface area contributed by atoms with E-state index in [1.807, 2.05) is 41.1 Å². The van der Waals surface area contributed by atoms with Gasteiger partial charge >= 0.3 is 0 Å². The van der Waals surface area contributed by atoms with E-state index in [0.717, 1.165) is 41.5 Å². The van der Waals surface area contributed by atoms with Crippen LogP contribution in [-0.2, 0) is 24.4 Å². The van der Waals surface area contributed by atoms with Gasteiger partial charge in [-0.3, -0.25) is 9.36 Å². The van der Waals surface area contributed by atoms with Crippen molar-refractivity contribution in [1.29, 1.82) is 0 Å². The van der Waals surface area contributed by atoms with Gasteiger partial charge < -0.3 is 5.32 Å². The largest absolute Gasteiger partial charge is 0.350 e. The summed E-state index contributed by atoms with van der Waals surface area (Å²) in [6.07, 6.45) is 2.38. The Morgan fingerprint density at radius 3 is 2.69 bits per heavy atom. The van der Waals surface area contributed by atoms with E-state index < -0.39 is 0 Å². The zero-order valence-electron chi connectivity index (χ0n) is 16.5. The first-order chi connectivity index (χ1) is 14.0. The van der Waals surface area contributed by atoms with Gasteiger partial charge in [-0.15, -0.1) is 11.3 Å². The van der Waals surface area contributed by atoms with Crippen LogP contribution >= 0.6 is 35.2 Å². The fourth-order valence-electron chi connectivity index (χ4n) is 2.89. The number of thiazole rings is 1. The number of hydrogen-bond acceptors (Lipinski definition) is 5. The summed E-state index contributed by atoms with van der Waals surface area (Å²) >= 11 is 13.2. The van der Waals surface area contributed by atoms with E-state index >= 15 is 0 Å². The summed E-state index contributed by atoms with van der Waals surface area (Å²) in [4.78, 5) is 16.6. The third-order valence-corrected chi connectivity index (χ3v) is 5.95. The van der Waals surface area contributed by atoms with E-state index in [1.54, 1.807) is 16.0 Å². The quantitative estimate of drug-likeness (QED) is 0.466. The summed E-state index contributed by atoms with van der Waals surface area (Å²) in [5.74, 6) is 0.757. The third-order valence-electron chi connectivity index (χ3n) is 4.44. The van der Waals surface area contributed by atoms with E-state index in [4.69, 9.17) is 28.9 Å². The zero-order valence-corrected chi connectivity index (χ0v) is 18.9. The lowest BCUT2D eigenvalue weighted by atomic mass is 10.2. The number of unbranched alkanes of at least 4 members (excludes halogenated alkanes) is 1. The molecule has 0 aliphatic carbocycles. The number of nitrogens with zero attached hydrogens (tertiary/aromatic N) is 4. The van der Waals surface area contributed by atoms with Crippen molar-refractivity contribution in [1.82, 2.24) is 24.6 Å². The van der Waals surface area contributed by atoms with Crippen molar-refractivity contribution < 1.29 is 4.79 Å². The van der Waals surface area contributed by atoms with E-state index in [1.165, 1.54) is 0 Å². The molecule has 1 amide bonds. The highest BCUT2D eigenvalue weighted by Gasteiger charge is 2.14. The molecule has 0 fully saturated rings. The smallest absolute Gasteiger partial charge is 0.222 e. The first-order valence-corrected chi connectivity index (χ1v) is 11.3. The molecule has 1 aromatic carbocycles. The molecule has 1 N–H and O–H groups in total. The number of carbonyl (C=O) groups excluding carboxylic acids is 1. The highest BCUT2D eigenvalue weighted by Crippen LogP contribution is 2.21. The molecular formula is C20H24ClN5OS2. The number of hydrogen-bond donors (Lipinski definition) is 1. The van der Waals surface area contributed by atoms with Crippen LogP contribution in [0.2, 0.25) is 5.02 Å². The molecule has 0 spiro atoms. The Balaban J connectivity index is 1.70. The zero-order chi connectivity index (χ0) is 20.8. The van der Waals surface area contributed by atoms with Crippen LogP contribution in [0, 0.1) is 11.7 Å². The summed E-state index contributed by atoms with van der Waals surface area (Å²) in [7, 11) is 0. The molecule has 0 saturated heterocycles. The molecule has 0 unspecified atom stereocenters. The van der Waals surface area contributed by atoms with Crippen LogP contribution in [-0.4, -0.2) is 25.2 Å². The first kappa shape index (κ1) is 21.7. The van der Waals surface area contributed by atoms with Gasteiger partial charge in [-0.05, 0) is 49.8 Å². The predicted molar refractivity (Wildman–Crippen MR) is 120 cm³/mol. The van der Waals surface area contributed by atoms with Gasteiger partial charge in [-0.2, -0.15) is 5.10 Å². The van der Waals surface area contributed by atoms with Gasteiger partial charge in [0, 0.05) is 28.9 Å². The summed E-state index contributed by atoms with van der Waals surface area (Å²) in [5.41, 5.74) is 1.84. The maximum Gasteiger partial charge on any atom is 0.222 e. The average Bonchev–Trinajstić information content (AvgIpc) is 3.27. The van der Waals surface area contributed by atoms with Crippen LogP contribution in [0.5, 0.6) is 0 Å². The molecule has 29 heavy (non-hydrogen) atoms. The van der Waals surface area contributed by atoms with Crippen molar-refractivity contribution in [2.75, 3.05) is 0 Å². The minimum atomic E-state index is -0.0475. The lowest BCUT2D eigenvalue weighted by Crippen LogP contribution is -2.24. The molecule has 0 atom stereocenters. The highest BCUT2D eigenvalue weighted by atomic mass is 35.5. The van der Waals surface area contributed by atoms with Gasteiger partial charge in [0.15, 0.2) is 10.6 Å². The van der Waals surface area contributed by atoms with Gasteiger partial charge in [0.2, 0.25) is 5.91 Å². The maximum atomic E-state index is 12.2. The van der Waals surface area contributed by atoms with Crippen LogP contribution in [0.1, 0.15) is 36.9 Å². The first-order valence-electron chi connectivity index (χ1n) is 9.59. The van der Waals surface area contributed by atoms with Gasteiger partial charge in [-0.1, -0.05) is 24.9 Å². The van der Waals surface area contributed by atoms with Crippen molar-refractivity contribution >= 4 is 41.1 Å². The third kappa shape index (κ3) is 5.74. The Labute approximate surface area is 184 Å². The average molecular weight is 450 g/mol. The molecule has 0 aliphatic heterocycles. The number of amides is 1. The molecule has 0 bridgehead atoms. The van der Waals surface area contributed by atoms with E-state index in [0.29, 0.717) is 29.3 Å². The highest BCUT2D eigenvalue weighted by molar-refractivity contribution is 7.71. The lowest BCUT2D eigenvalue weighted by Gasteiger charge is -2.06. The number of carbonyl (C=O) groups is 1. The Morgan fingerprint density at radius 2 is 2.03 bits per heavy atom. The minimum Gasteiger partial charge on any atom is -0.350 e. The van der Waals surface area contributed by atoms with Gasteiger partial charge in [0.05, 0.1) is 23.8 Å². The van der Waals surface area contributed by atoms with Crippen molar-refractivity contribution in [3.05, 3.63) is 50.1 Å². The summed E-state index contributed by atoms with van der Waals surface area (Å²) in [6.45, 7) is 5.76. The van der Waals surface area contributed by atoms with E-state index in [-0.39, 0.29) is 5.91 Å². The fourth-order valence-corrected chi connectivity index (χ4v) is 3.94. The van der Waals surface area contributed by atoms with Gasteiger partial charge in [-0.25, -0.2) is 9.67 Å². The standard InChI is InChI=1S/C20H24ClN5OS2/c1-3-4-10-25-19(15-5-7-16(21)8-6-15)24-26(20(25)28)11-9-18(27)22-12-17-13-29-14(2)23-17/h5-8,13H,3-4,9-12H2,1-2H3,(H,22,27). The normalized spacial score (nSPS) is 11.0. The molecule has 6 nitrogen and oxygen atoms in total. The monoisotopic (exact) mass is 449 g/mol. The molecule has 0 radical (unpaired) electrons. The number of rotatable bonds is 9. The van der Waals surface area contributed by atoms with Crippen molar-refractivity contribution in [2.45, 2.75) is 52.7 Å². The number of nitrogens with one attached hydrogen (secondary N) is 1. The molecule has 154 valence electrons. The molecule has 0 saturated carbocycles. The summed E-state index contributed by atoms with van der Waals surface area (Å²) in [6, 6.07) is 7.57. The number of aryl methyl sites for hydroxylation is 2. The van der Waals surface area contributed by atoms with Crippen molar-refractivity contribution in [3.8, 4) is 11.4 Å². The second kappa shape index (κ2) is 10.1. The Kier molecular flexibility index (Phi) is 7.57. The van der Waals surface area contributed by atoms with Crippen LogP contribution in [0.4, 0.5) is 0 Å². The van der Waals surface area contributed by atoms with E-state index in [2.05, 4.69) is 17.2 Å². The SMILES string of the molecule is CCCCn1c(-c2ccc(Cl)cc2)nn(CCC(=O)NCc2csc(C)n2)c1=S. The van der Waals surface area contributed by atoms with Gasteiger partial charge in [0.25, 0.3) is 0 Å². The maximum absolute atomic E-state index is 12.2. The molecule has 9 heteroatoms. The van der Waals surface area contributed by atoms with Crippen molar-refractivity contribution in [3.63, 3.8) is 0 Å². The topological polar surface area (TPSA) is 64.7 Å². The molecule has 3 rings (SSSR count). The second-order valence-corrected chi connectivity index (χ2v) is 8.59. The van der Waals surface area contributed by atoms with Crippen LogP contribution in [0.3, 0.4) is 0 Å². The fraction of sp³-hybridized carbons (Fsp3) is 0.400. The summed E-state index contributed by atoms with van der Waals surface area (Å²) in [5, 5.41) is 11.2. The number of benzene rings is 1. The Morgan fingerprint density at radius 1 is 1.28 bits per heavy atom. The lowest BCUT2D eigenvalue weighted by molar-refractivity contribution is -0.121. The van der Waals surface area contributed by atoms with Crippen molar-refractivity contribution in [2.24, 2.45) is 0 Å². The summed E-state index contributed by atoms with van der Waals surface area (Å²) < 4.78 is 4.41. The minimum absolute atomic E-state index is 0.0475. The Hall–Kier alpha value is -2.03. The molecule has 3 aromatic rings. The Bertz CT molecular complexity index is 1020. The van der Waals surface area contributed by atoms with Crippen LogP contribution in [0.15, 0.2) is 29.6 Å². The van der Waals surface area contributed by atoms with Gasteiger partial charge in [0.1, 0.15) is 0 Å². The molecule has 0 aliphatic rings. The molecular weight excluding hydrogens is 426 g/mol. The predicted octanol–water partition coefficient (Wildman–Crippen LogP) is 5.01. The number of halogens is 1. The molecule has 2 heterocycles. The van der Waals surface area contributed by atoms with E-state index in [9.17, 15) is 4.79 Å². The molecule has 2 aromatic heterocycles. The number of aromatic nitrogens is 4.